The normalized spacial score (nSPS) is 17.3. The first-order valence-corrected chi connectivity index (χ1v) is 11.2. The molecule has 174 valence electrons. The molecular weight excluding hydrogens is 454 g/mol. The molecule has 1 amide bonds. The van der Waals surface area contributed by atoms with Crippen molar-refractivity contribution in [1.29, 1.82) is 0 Å². The second-order valence-corrected chi connectivity index (χ2v) is 8.49. The maximum atomic E-state index is 13.3. The van der Waals surface area contributed by atoms with Crippen molar-refractivity contribution >= 4 is 34.7 Å². The van der Waals surface area contributed by atoms with E-state index in [0.717, 1.165) is 17.5 Å². The molecule has 3 aromatic carbocycles. The van der Waals surface area contributed by atoms with Gasteiger partial charge in [0.25, 0.3) is 11.7 Å². The number of Topliss-reactive ketones (excluding diaryl/α,β-unsaturated/α-hetero) is 1. The Morgan fingerprint density at radius 1 is 1.06 bits per heavy atom. The number of nitrogens with zero attached hydrogens (tertiary/aromatic N) is 1. The third-order valence-electron chi connectivity index (χ3n) is 6.02. The van der Waals surface area contributed by atoms with Crippen LogP contribution in [0.15, 0.2) is 66.2 Å². The van der Waals surface area contributed by atoms with Crippen LogP contribution >= 0.6 is 11.6 Å². The van der Waals surface area contributed by atoms with Gasteiger partial charge in [-0.05, 0) is 72.5 Å². The number of ether oxygens (including phenoxy) is 1. The number of hydrogen-bond donors (Lipinski definition) is 2. The van der Waals surface area contributed by atoms with Crippen molar-refractivity contribution < 1.29 is 24.5 Å². The number of phenolic OH excluding ortho intramolecular Hbond substituents is 1. The molecule has 0 aliphatic carbocycles. The summed E-state index contributed by atoms with van der Waals surface area (Å²) in [5.41, 5.74) is 3.16. The van der Waals surface area contributed by atoms with Crippen LogP contribution in [-0.2, 0) is 16.0 Å². The van der Waals surface area contributed by atoms with Crippen LogP contribution in [-0.4, -0.2) is 29.0 Å². The van der Waals surface area contributed by atoms with E-state index in [2.05, 4.69) is 0 Å². The third kappa shape index (κ3) is 4.01. The van der Waals surface area contributed by atoms with E-state index in [1.807, 2.05) is 26.0 Å². The van der Waals surface area contributed by atoms with E-state index in [1.54, 1.807) is 43.5 Å². The van der Waals surface area contributed by atoms with Crippen molar-refractivity contribution in [2.45, 2.75) is 26.3 Å². The topological polar surface area (TPSA) is 87.1 Å². The van der Waals surface area contributed by atoms with Gasteiger partial charge in [0.1, 0.15) is 17.3 Å². The standard InChI is InChI=1S/C27H24ClNO5/c1-4-16-5-9-19(10-6-16)29-24(17-7-11-21(30)20(28)14-17)23(26(32)27(29)33)25(31)18-8-12-22(34-3)15(2)13-18/h5-14,24,30-31H,4H2,1-3H3/b25-23-. The quantitative estimate of drug-likeness (QED) is 0.286. The van der Waals surface area contributed by atoms with Gasteiger partial charge >= 0.3 is 0 Å². The van der Waals surface area contributed by atoms with Crippen LogP contribution in [0.1, 0.15) is 35.2 Å². The highest BCUT2D eigenvalue weighted by atomic mass is 35.5. The zero-order valence-corrected chi connectivity index (χ0v) is 19.8. The Morgan fingerprint density at radius 2 is 1.76 bits per heavy atom. The summed E-state index contributed by atoms with van der Waals surface area (Å²) in [7, 11) is 1.55. The molecule has 0 saturated carbocycles. The summed E-state index contributed by atoms with van der Waals surface area (Å²) in [6.45, 7) is 3.84. The summed E-state index contributed by atoms with van der Waals surface area (Å²) in [5.74, 6) is -1.36. The Hall–Kier alpha value is -3.77. The number of rotatable bonds is 5. The van der Waals surface area contributed by atoms with Gasteiger partial charge in [0.15, 0.2) is 0 Å². The molecule has 4 rings (SSSR count). The molecule has 1 heterocycles. The second kappa shape index (κ2) is 9.23. The number of methoxy groups -OCH3 is 1. The molecule has 0 radical (unpaired) electrons. The number of aliphatic hydroxyl groups is 1. The van der Waals surface area contributed by atoms with Crippen molar-refractivity contribution in [3.8, 4) is 11.5 Å². The number of ketones is 1. The number of aryl methyl sites for hydroxylation is 2. The molecule has 3 aromatic rings. The number of amides is 1. The molecule has 0 bridgehead atoms. The summed E-state index contributed by atoms with van der Waals surface area (Å²) in [6, 6.07) is 15.9. The van der Waals surface area contributed by atoms with Crippen LogP contribution in [0.4, 0.5) is 5.69 Å². The Bertz CT molecular complexity index is 1310. The van der Waals surface area contributed by atoms with Crippen LogP contribution < -0.4 is 9.64 Å². The number of carbonyl (C=O) groups excluding carboxylic acids is 2. The van der Waals surface area contributed by atoms with Crippen LogP contribution in [0.25, 0.3) is 5.76 Å². The Labute approximate surface area is 202 Å². The van der Waals surface area contributed by atoms with E-state index in [-0.39, 0.29) is 22.1 Å². The maximum Gasteiger partial charge on any atom is 0.300 e. The highest BCUT2D eigenvalue weighted by Crippen LogP contribution is 2.43. The minimum absolute atomic E-state index is 0.0594. The first-order valence-electron chi connectivity index (χ1n) is 10.8. The second-order valence-electron chi connectivity index (χ2n) is 8.08. The monoisotopic (exact) mass is 477 g/mol. The minimum Gasteiger partial charge on any atom is -0.507 e. The van der Waals surface area contributed by atoms with Gasteiger partial charge in [0.05, 0.1) is 23.7 Å². The van der Waals surface area contributed by atoms with Gasteiger partial charge in [0.2, 0.25) is 0 Å². The first-order chi connectivity index (χ1) is 16.3. The molecular formula is C27H24ClNO5. The molecule has 1 atom stereocenters. The lowest BCUT2D eigenvalue weighted by atomic mass is 9.94. The predicted molar refractivity (Wildman–Crippen MR) is 131 cm³/mol. The summed E-state index contributed by atoms with van der Waals surface area (Å²) in [6.07, 6.45) is 0.826. The zero-order chi connectivity index (χ0) is 24.6. The van der Waals surface area contributed by atoms with E-state index in [0.29, 0.717) is 22.6 Å². The summed E-state index contributed by atoms with van der Waals surface area (Å²) in [5, 5.41) is 21.2. The van der Waals surface area contributed by atoms with Crippen LogP contribution in [0.5, 0.6) is 11.5 Å². The molecule has 7 heteroatoms. The zero-order valence-electron chi connectivity index (χ0n) is 19.0. The third-order valence-corrected chi connectivity index (χ3v) is 6.33. The van der Waals surface area contributed by atoms with Gasteiger partial charge < -0.3 is 14.9 Å². The fraction of sp³-hybridized carbons (Fsp3) is 0.185. The van der Waals surface area contributed by atoms with Crippen molar-refractivity contribution in [2.75, 3.05) is 12.0 Å². The minimum atomic E-state index is -0.937. The molecule has 0 aromatic heterocycles. The van der Waals surface area contributed by atoms with Gasteiger partial charge in [-0.3, -0.25) is 14.5 Å². The number of halogens is 1. The molecule has 0 spiro atoms. The van der Waals surface area contributed by atoms with Gasteiger partial charge in [-0.25, -0.2) is 0 Å². The van der Waals surface area contributed by atoms with Crippen LogP contribution in [0.2, 0.25) is 5.02 Å². The average Bonchev–Trinajstić information content (AvgIpc) is 3.10. The number of benzene rings is 3. The maximum absolute atomic E-state index is 13.3. The number of aromatic hydroxyl groups is 1. The fourth-order valence-electron chi connectivity index (χ4n) is 4.18. The molecule has 1 fully saturated rings. The largest absolute Gasteiger partial charge is 0.507 e. The molecule has 1 aliphatic heterocycles. The van der Waals surface area contributed by atoms with Crippen molar-refractivity contribution in [3.05, 3.63) is 93.5 Å². The summed E-state index contributed by atoms with van der Waals surface area (Å²) in [4.78, 5) is 27.8. The highest BCUT2D eigenvalue weighted by Gasteiger charge is 2.47. The van der Waals surface area contributed by atoms with Gasteiger partial charge in [-0.2, -0.15) is 0 Å². The van der Waals surface area contributed by atoms with Gasteiger partial charge in [-0.15, -0.1) is 0 Å². The summed E-state index contributed by atoms with van der Waals surface area (Å²) < 4.78 is 5.29. The Kier molecular flexibility index (Phi) is 6.35. The number of carbonyl (C=O) groups is 2. The molecule has 34 heavy (non-hydrogen) atoms. The van der Waals surface area contributed by atoms with Crippen LogP contribution in [0.3, 0.4) is 0 Å². The lowest BCUT2D eigenvalue weighted by Gasteiger charge is -2.26. The van der Waals surface area contributed by atoms with E-state index in [1.165, 1.54) is 17.0 Å². The SMILES string of the molecule is CCc1ccc(N2C(=O)C(=O)/C(=C(\O)c3ccc(OC)c(C)c3)C2c2ccc(O)c(Cl)c2)cc1. The predicted octanol–water partition coefficient (Wildman–Crippen LogP) is 5.55. The number of phenols is 1. The molecule has 1 aliphatic rings. The smallest absolute Gasteiger partial charge is 0.300 e. The molecule has 6 nitrogen and oxygen atoms in total. The Morgan fingerprint density at radius 3 is 2.35 bits per heavy atom. The van der Waals surface area contributed by atoms with Gasteiger partial charge in [-0.1, -0.05) is 36.7 Å². The van der Waals surface area contributed by atoms with Crippen molar-refractivity contribution in [1.82, 2.24) is 0 Å². The van der Waals surface area contributed by atoms with Crippen molar-refractivity contribution in [2.24, 2.45) is 0 Å². The fourth-order valence-corrected chi connectivity index (χ4v) is 4.37. The van der Waals surface area contributed by atoms with Crippen molar-refractivity contribution in [3.63, 3.8) is 0 Å². The van der Waals surface area contributed by atoms with Crippen LogP contribution in [0, 0.1) is 6.92 Å². The molecule has 1 unspecified atom stereocenters. The number of hydrogen-bond acceptors (Lipinski definition) is 5. The van der Waals surface area contributed by atoms with E-state index in [4.69, 9.17) is 16.3 Å². The van der Waals surface area contributed by atoms with E-state index in [9.17, 15) is 19.8 Å². The van der Waals surface area contributed by atoms with E-state index < -0.39 is 17.7 Å². The lowest BCUT2D eigenvalue weighted by molar-refractivity contribution is -0.132. The van der Waals surface area contributed by atoms with Gasteiger partial charge in [0, 0.05) is 11.3 Å². The lowest BCUT2D eigenvalue weighted by Crippen LogP contribution is -2.29. The number of anilines is 1. The Balaban J connectivity index is 1.94. The first kappa shape index (κ1) is 23.4. The average molecular weight is 478 g/mol. The highest BCUT2D eigenvalue weighted by molar-refractivity contribution is 6.51. The molecule has 1 saturated heterocycles. The summed E-state index contributed by atoms with van der Waals surface area (Å²) >= 11 is 6.17. The molecule has 2 N–H and O–H groups in total. The number of aliphatic hydroxyl groups excluding tert-OH is 1. The van der Waals surface area contributed by atoms with E-state index >= 15 is 0 Å².